The maximum atomic E-state index is 12.2. The Morgan fingerprint density at radius 2 is 2.04 bits per heavy atom. The highest BCUT2D eigenvalue weighted by molar-refractivity contribution is 14.1. The molecule has 0 spiro atoms. The largest absolute Gasteiger partial charge is 0.496 e. The first-order valence-corrected chi connectivity index (χ1v) is 10.1. The van der Waals surface area contributed by atoms with Crippen molar-refractivity contribution in [3.8, 4) is 5.75 Å². The molecule has 0 amide bonds. The molecule has 2 aromatic carbocycles. The van der Waals surface area contributed by atoms with Crippen LogP contribution >= 0.6 is 46.1 Å². The molecule has 0 N–H and O–H groups in total. The number of benzene rings is 2. The number of hydrogen-bond acceptors (Lipinski definition) is 5. The van der Waals surface area contributed by atoms with Crippen molar-refractivity contribution in [2.24, 2.45) is 4.99 Å². The van der Waals surface area contributed by atoms with Crippen molar-refractivity contribution >= 4 is 61.7 Å². The van der Waals surface area contributed by atoms with Crippen molar-refractivity contribution < 1.29 is 9.53 Å². The molecule has 0 saturated heterocycles. The molecule has 0 fully saturated rings. The first-order chi connectivity index (χ1) is 11.7. The molecule has 0 aliphatic carbocycles. The van der Waals surface area contributed by atoms with Gasteiger partial charge in [0.1, 0.15) is 15.8 Å². The van der Waals surface area contributed by atoms with E-state index in [1.807, 2.05) is 36.4 Å². The molecule has 0 bridgehead atoms. The van der Waals surface area contributed by atoms with Gasteiger partial charge in [-0.05, 0) is 64.2 Å². The van der Waals surface area contributed by atoms with Crippen molar-refractivity contribution in [2.45, 2.75) is 5.75 Å². The van der Waals surface area contributed by atoms with Gasteiger partial charge < -0.3 is 4.74 Å². The average Bonchev–Trinajstić information content (AvgIpc) is 2.94. The van der Waals surface area contributed by atoms with E-state index in [0.717, 1.165) is 25.0 Å². The predicted molar refractivity (Wildman–Crippen MR) is 111 cm³/mol. The van der Waals surface area contributed by atoms with Crippen LogP contribution in [0.5, 0.6) is 5.75 Å². The molecular weight excluding hydrogens is 453 g/mol. The van der Waals surface area contributed by atoms with Crippen molar-refractivity contribution in [3.63, 3.8) is 0 Å². The molecule has 0 atom stereocenters. The van der Waals surface area contributed by atoms with Crippen LogP contribution in [0.25, 0.3) is 6.08 Å². The van der Waals surface area contributed by atoms with Crippen LogP contribution < -0.4 is 4.74 Å². The average molecular weight is 467 g/mol. The van der Waals surface area contributed by atoms with Crippen LogP contribution in [0.3, 0.4) is 0 Å². The van der Waals surface area contributed by atoms with Gasteiger partial charge in [-0.1, -0.05) is 42.1 Å². The standard InChI is InChI=1S/C18H14INO2S2/c1-22-16-8-7-14(19)9-13(16)10-15-17(21)24-18(20-15)23-11-12-5-3-2-4-6-12/h2-10H,11H2,1H3/b15-10+. The summed E-state index contributed by atoms with van der Waals surface area (Å²) in [5.74, 6) is 1.54. The molecule has 24 heavy (non-hydrogen) atoms. The number of hydrogen-bond donors (Lipinski definition) is 0. The van der Waals surface area contributed by atoms with Gasteiger partial charge >= 0.3 is 0 Å². The molecule has 1 aliphatic heterocycles. The lowest BCUT2D eigenvalue weighted by molar-refractivity contribution is -0.107. The molecule has 1 aliphatic rings. The highest BCUT2D eigenvalue weighted by Gasteiger charge is 2.23. The zero-order chi connectivity index (χ0) is 16.9. The van der Waals surface area contributed by atoms with Crippen LogP contribution in [0, 0.1) is 3.57 Å². The lowest BCUT2D eigenvalue weighted by Gasteiger charge is -2.05. The van der Waals surface area contributed by atoms with E-state index < -0.39 is 0 Å². The number of methoxy groups -OCH3 is 1. The van der Waals surface area contributed by atoms with Gasteiger partial charge in [0.05, 0.1) is 7.11 Å². The molecule has 0 saturated carbocycles. The van der Waals surface area contributed by atoms with Gasteiger partial charge in [0.25, 0.3) is 0 Å². The molecule has 6 heteroatoms. The minimum absolute atomic E-state index is 0.0218. The second-order valence-corrected chi connectivity index (χ2v) is 8.39. The second-order valence-electron chi connectivity index (χ2n) is 4.96. The Morgan fingerprint density at radius 3 is 2.79 bits per heavy atom. The molecule has 0 radical (unpaired) electrons. The number of halogens is 1. The Labute approximate surface area is 163 Å². The number of thioether (sulfide) groups is 2. The van der Waals surface area contributed by atoms with Crippen molar-refractivity contribution in [3.05, 3.63) is 68.9 Å². The maximum absolute atomic E-state index is 12.2. The van der Waals surface area contributed by atoms with E-state index in [9.17, 15) is 4.79 Å². The van der Waals surface area contributed by atoms with Gasteiger partial charge in [-0.3, -0.25) is 4.79 Å². The highest BCUT2D eigenvalue weighted by Crippen LogP contribution is 2.34. The van der Waals surface area contributed by atoms with Crippen molar-refractivity contribution in [1.82, 2.24) is 0 Å². The first-order valence-electron chi connectivity index (χ1n) is 7.18. The summed E-state index contributed by atoms with van der Waals surface area (Å²) in [5, 5.41) is -0.0218. The van der Waals surface area contributed by atoms with Gasteiger partial charge in [0.2, 0.25) is 5.12 Å². The number of aliphatic imine (C=N–C) groups is 1. The van der Waals surface area contributed by atoms with E-state index in [1.54, 1.807) is 24.9 Å². The van der Waals surface area contributed by atoms with E-state index in [2.05, 4.69) is 39.7 Å². The Bertz CT molecular complexity index is 819. The third-order valence-corrected chi connectivity index (χ3v) is 6.04. The summed E-state index contributed by atoms with van der Waals surface area (Å²) in [5.41, 5.74) is 2.55. The number of rotatable bonds is 4. The Balaban J connectivity index is 1.78. The number of ether oxygens (including phenoxy) is 1. The fourth-order valence-electron chi connectivity index (χ4n) is 2.14. The molecule has 3 rings (SSSR count). The van der Waals surface area contributed by atoms with E-state index in [1.165, 1.54) is 17.3 Å². The topological polar surface area (TPSA) is 38.7 Å². The molecule has 1 heterocycles. The summed E-state index contributed by atoms with van der Waals surface area (Å²) in [6, 6.07) is 16.0. The van der Waals surface area contributed by atoms with Crippen LogP contribution in [-0.2, 0) is 10.5 Å². The second kappa shape index (κ2) is 8.22. The molecule has 122 valence electrons. The summed E-state index contributed by atoms with van der Waals surface area (Å²) in [6.45, 7) is 0. The van der Waals surface area contributed by atoms with E-state index >= 15 is 0 Å². The summed E-state index contributed by atoms with van der Waals surface area (Å²) in [6.07, 6.45) is 1.80. The number of carbonyl (C=O) groups is 1. The van der Waals surface area contributed by atoms with Crippen LogP contribution in [0.1, 0.15) is 11.1 Å². The highest BCUT2D eigenvalue weighted by atomic mass is 127. The van der Waals surface area contributed by atoms with Crippen molar-refractivity contribution in [2.75, 3.05) is 7.11 Å². The van der Waals surface area contributed by atoms with Crippen molar-refractivity contribution in [1.29, 1.82) is 0 Å². The normalized spacial score (nSPS) is 15.7. The summed E-state index contributed by atoms with van der Waals surface area (Å²) in [4.78, 5) is 16.7. The molecule has 2 aromatic rings. The van der Waals surface area contributed by atoms with Crippen LogP contribution in [0.4, 0.5) is 0 Å². The third-order valence-electron chi connectivity index (χ3n) is 3.29. The first kappa shape index (κ1) is 17.6. The van der Waals surface area contributed by atoms with Crippen LogP contribution in [0.2, 0.25) is 0 Å². The van der Waals surface area contributed by atoms with Gasteiger partial charge in [-0.15, -0.1) is 0 Å². The fraction of sp³-hybridized carbons (Fsp3) is 0.111. The molecular formula is C18H14INO2S2. The lowest BCUT2D eigenvalue weighted by atomic mass is 10.1. The van der Waals surface area contributed by atoms with Crippen LogP contribution in [-0.4, -0.2) is 16.6 Å². The van der Waals surface area contributed by atoms with E-state index in [0.29, 0.717) is 5.70 Å². The monoisotopic (exact) mass is 467 g/mol. The van der Waals surface area contributed by atoms with E-state index in [-0.39, 0.29) is 5.12 Å². The Kier molecular flexibility index (Phi) is 6.02. The fourth-order valence-corrected chi connectivity index (χ4v) is 4.45. The summed E-state index contributed by atoms with van der Waals surface area (Å²) in [7, 11) is 1.62. The minimum atomic E-state index is -0.0218. The molecule has 3 nitrogen and oxygen atoms in total. The lowest BCUT2D eigenvalue weighted by Crippen LogP contribution is -1.91. The summed E-state index contributed by atoms with van der Waals surface area (Å²) >= 11 is 5.02. The zero-order valence-corrected chi connectivity index (χ0v) is 16.7. The minimum Gasteiger partial charge on any atom is -0.496 e. The maximum Gasteiger partial charge on any atom is 0.244 e. The Hall–Kier alpha value is -1.25. The summed E-state index contributed by atoms with van der Waals surface area (Å²) < 4.78 is 7.23. The molecule has 0 aromatic heterocycles. The number of nitrogens with zero attached hydrogens (tertiary/aromatic N) is 1. The smallest absolute Gasteiger partial charge is 0.244 e. The molecule has 0 unspecified atom stereocenters. The van der Waals surface area contributed by atoms with Gasteiger partial charge in [0.15, 0.2) is 0 Å². The number of carbonyl (C=O) groups excluding carboxylic acids is 1. The Morgan fingerprint density at radius 1 is 1.25 bits per heavy atom. The quantitative estimate of drug-likeness (QED) is 0.458. The van der Waals surface area contributed by atoms with Crippen LogP contribution in [0.15, 0.2) is 59.2 Å². The SMILES string of the molecule is COc1ccc(I)cc1/C=C1/N=C(SCc2ccccc2)SC1=O. The third kappa shape index (κ3) is 4.43. The predicted octanol–water partition coefficient (Wildman–Crippen LogP) is 5.20. The van der Waals surface area contributed by atoms with Gasteiger partial charge in [0, 0.05) is 14.9 Å². The van der Waals surface area contributed by atoms with Gasteiger partial charge in [-0.2, -0.15) is 0 Å². The zero-order valence-electron chi connectivity index (χ0n) is 12.9. The van der Waals surface area contributed by atoms with Gasteiger partial charge in [-0.25, -0.2) is 4.99 Å². The van der Waals surface area contributed by atoms with E-state index in [4.69, 9.17) is 4.74 Å².